The van der Waals surface area contributed by atoms with Crippen LogP contribution in [0.2, 0.25) is 0 Å². The highest BCUT2D eigenvalue weighted by molar-refractivity contribution is 5.98. The normalized spacial score (nSPS) is 29.7. The van der Waals surface area contributed by atoms with Crippen molar-refractivity contribution in [3.8, 4) is 0 Å². The summed E-state index contributed by atoms with van der Waals surface area (Å²) in [5.74, 6) is -10.4. The molecule has 14 heteroatoms. The molecule has 0 amide bonds. The summed E-state index contributed by atoms with van der Waals surface area (Å²) in [6, 6.07) is 9.35. The molecule has 2 aliphatic heterocycles. The number of aliphatic hydroxyl groups is 2. The van der Waals surface area contributed by atoms with Crippen molar-refractivity contribution in [3.63, 3.8) is 0 Å². The van der Waals surface area contributed by atoms with Crippen LogP contribution in [0.4, 0.5) is 0 Å². The Balaban J connectivity index is 2.04. The van der Waals surface area contributed by atoms with Crippen molar-refractivity contribution in [3.05, 3.63) is 60.2 Å². The predicted molar refractivity (Wildman–Crippen MR) is 175 cm³/mol. The fourth-order valence-corrected chi connectivity index (χ4v) is 6.73. The smallest absolute Gasteiger partial charge is 0.345 e. The third kappa shape index (κ3) is 7.93. The molecule has 10 unspecified atom stereocenters. The van der Waals surface area contributed by atoms with Crippen LogP contribution in [0.3, 0.4) is 0 Å². The van der Waals surface area contributed by atoms with Crippen LogP contribution < -0.4 is 0 Å². The Morgan fingerprint density at radius 2 is 1.72 bits per heavy atom. The second kappa shape index (κ2) is 16.3. The minimum Gasteiger partial charge on any atom is -0.479 e. The number of carboxylic acids is 2. The average molecular weight is 705 g/mol. The molecule has 14 nitrogen and oxygen atoms in total. The van der Waals surface area contributed by atoms with Gasteiger partial charge in [-0.15, -0.1) is 0 Å². The van der Waals surface area contributed by atoms with Crippen LogP contribution in [0, 0.1) is 17.8 Å². The first kappa shape index (κ1) is 40.3. The van der Waals surface area contributed by atoms with Gasteiger partial charge in [0.15, 0.2) is 6.10 Å². The van der Waals surface area contributed by atoms with E-state index in [0.29, 0.717) is 12.3 Å². The molecule has 2 aliphatic rings. The number of hydrogen-bond acceptors (Lipinski definition) is 12. The second-order valence-corrected chi connectivity index (χ2v) is 13.3. The van der Waals surface area contributed by atoms with Crippen molar-refractivity contribution in [2.75, 3.05) is 7.11 Å². The molecule has 2 saturated heterocycles. The van der Waals surface area contributed by atoms with Gasteiger partial charge in [0.1, 0.15) is 12.2 Å². The van der Waals surface area contributed by atoms with Crippen LogP contribution in [0.5, 0.6) is 0 Å². The van der Waals surface area contributed by atoms with Crippen LogP contribution in [0.25, 0.3) is 0 Å². The number of esters is 3. The van der Waals surface area contributed by atoms with Gasteiger partial charge in [-0.25, -0.2) is 19.2 Å². The first-order chi connectivity index (χ1) is 23.4. The van der Waals surface area contributed by atoms with E-state index in [4.69, 9.17) is 18.9 Å². The van der Waals surface area contributed by atoms with Gasteiger partial charge in [0.25, 0.3) is 0 Å². The minimum atomic E-state index is -3.67. The van der Waals surface area contributed by atoms with E-state index in [1.807, 2.05) is 58.0 Å². The maximum Gasteiger partial charge on any atom is 0.345 e. The third-order valence-electron chi connectivity index (χ3n) is 9.46. The summed E-state index contributed by atoms with van der Waals surface area (Å²) in [4.78, 5) is 64.0. The average Bonchev–Trinajstić information content (AvgIpc) is 3.28. The van der Waals surface area contributed by atoms with Crippen molar-refractivity contribution in [1.29, 1.82) is 0 Å². The monoisotopic (exact) mass is 704 g/mol. The molecule has 2 heterocycles. The summed E-state index contributed by atoms with van der Waals surface area (Å²) < 4.78 is 27.1. The largest absolute Gasteiger partial charge is 0.479 e. The summed E-state index contributed by atoms with van der Waals surface area (Å²) in [5.41, 5.74) is -5.87. The molecular formula is C36H48O14. The number of methoxy groups -OCH3 is 1. The van der Waals surface area contributed by atoms with Crippen LogP contribution in [0.1, 0.15) is 65.9 Å². The zero-order valence-corrected chi connectivity index (χ0v) is 29.2. The third-order valence-corrected chi connectivity index (χ3v) is 9.46. The highest BCUT2D eigenvalue weighted by atomic mass is 16.8. The van der Waals surface area contributed by atoms with Crippen molar-refractivity contribution in [2.45, 2.75) is 108 Å². The van der Waals surface area contributed by atoms with Gasteiger partial charge in [0.2, 0.25) is 23.1 Å². The first-order valence-corrected chi connectivity index (χ1v) is 16.5. The molecule has 3 rings (SSSR count). The lowest BCUT2D eigenvalue weighted by atomic mass is 9.74. The van der Waals surface area contributed by atoms with Crippen molar-refractivity contribution in [2.24, 2.45) is 17.8 Å². The number of benzene rings is 1. The van der Waals surface area contributed by atoms with Gasteiger partial charge in [0, 0.05) is 25.3 Å². The fourth-order valence-electron chi connectivity index (χ4n) is 6.73. The van der Waals surface area contributed by atoms with Gasteiger partial charge in [-0.1, -0.05) is 77.1 Å². The lowest BCUT2D eigenvalue weighted by molar-refractivity contribution is -0.374. The second-order valence-electron chi connectivity index (χ2n) is 13.3. The first-order valence-electron chi connectivity index (χ1n) is 16.5. The number of carboxylic acid groups (broad SMARTS) is 2. The number of carbonyl (C=O) groups excluding carboxylic acids is 3. The standard InChI is InChI=1S/C36H48O14/c1-8-20(2)18-21(3)14-15-26(38)48-29-28(39)34(49-30(31(40)41)35(45,33(44)46-7)36(29,50-34)32(42)43)17-16-22(4)27(47-24(6)37)23(5)19-25-12-10-9-11-13-25/h9-15,20-21,23,27-30,39,45H,4,8,16-19H2,1-3,5-7H3,(H,40,41)(H,42,43)/b15-14+. The SMILES string of the molecule is C=C(CCC12OC(C(=O)O)C(O)(C(=O)OC)C(C(=O)O)(O1)C(OC(=O)/C=C/C(C)CC(C)CC)C2O)C(OC(C)=O)C(C)Cc1ccccc1. The molecule has 276 valence electrons. The van der Waals surface area contributed by atoms with Crippen molar-refractivity contribution < 1.29 is 68.1 Å². The Morgan fingerprint density at radius 1 is 1.08 bits per heavy atom. The molecule has 10 atom stereocenters. The number of aliphatic hydroxyl groups excluding tert-OH is 1. The highest BCUT2D eigenvalue weighted by Crippen LogP contribution is 2.56. The van der Waals surface area contributed by atoms with E-state index < -0.39 is 77.7 Å². The number of allylic oxidation sites excluding steroid dienone is 1. The molecule has 0 radical (unpaired) electrons. The van der Waals surface area contributed by atoms with E-state index in [2.05, 4.69) is 11.3 Å². The lowest BCUT2D eigenvalue weighted by Gasteiger charge is -2.49. The Bertz CT molecular complexity index is 1460. The van der Waals surface area contributed by atoms with Gasteiger partial charge >= 0.3 is 29.8 Å². The molecule has 4 N–H and O–H groups in total. The zero-order valence-electron chi connectivity index (χ0n) is 29.2. The van der Waals surface area contributed by atoms with Crippen LogP contribution in [0.15, 0.2) is 54.6 Å². The van der Waals surface area contributed by atoms with E-state index in [-0.39, 0.29) is 23.8 Å². The van der Waals surface area contributed by atoms with E-state index in [0.717, 1.165) is 31.6 Å². The van der Waals surface area contributed by atoms with Gasteiger partial charge in [0.05, 0.1) is 7.11 Å². The summed E-state index contributed by atoms with van der Waals surface area (Å²) >= 11 is 0. The number of fused-ring (bicyclic) bond motifs is 2. The Kier molecular flexibility index (Phi) is 13.1. The van der Waals surface area contributed by atoms with Gasteiger partial charge in [-0.05, 0) is 42.2 Å². The van der Waals surface area contributed by atoms with E-state index in [9.17, 15) is 44.4 Å². The number of rotatable bonds is 17. The van der Waals surface area contributed by atoms with Crippen LogP contribution in [-0.2, 0) is 54.1 Å². The Hall–Kier alpha value is -4.11. The molecule has 50 heavy (non-hydrogen) atoms. The molecule has 0 aliphatic carbocycles. The molecule has 2 fully saturated rings. The zero-order chi connectivity index (χ0) is 37.6. The minimum absolute atomic E-state index is 0.103. The van der Waals surface area contributed by atoms with Gasteiger partial charge in [-0.3, -0.25) is 4.79 Å². The molecule has 0 spiro atoms. The van der Waals surface area contributed by atoms with Crippen LogP contribution in [-0.4, -0.2) is 98.8 Å². The topological polar surface area (TPSA) is 212 Å². The van der Waals surface area contributed by atoms with Crippen molar-refractivity contribution >= 4 is 29.8 Å². The molecule has 0 saturated carbocycles. The number of carbonyl (C=O) groups is 5. The van der Waals surface area contributed by atoms with Crippen molar-refractivity contribution in [1.82, 2.24) is 0 Å². The lowest BCUT2D eigenvalue weighted by Crippen LogP contribution is -2.78. The summed E-state index contributed by atoms with van der Waals surface area (Å²) in [7, 11) is 0.764. The summed E-state index contributed by atoms with van der Waals surface area (Å²) in [5, 5.41) is 44.2. The summed E-state index contributed by atoms with van der Waals surface area (Å²) in [6.07, 6.45) is -4.36. The Morgan fingerprint density at radius 3 is 2.26 bits per heavy atom. The number of hydrogen-bond donors (Lipinski definition) is 4. The maximum absolute atomic E-state index is 13.1. The quantitative estimate of drug-likeness (QED) is 0.0795. The van der Waals surface area contributed by atoms with E-state index in [1.165, 1.54) is 13.0 Å². The van der Waals surface area contributed by atoms with Gasteiger partial charge in [-0.2, -0.15) is 0 Å². The molecule has 2 bridgehead atoms. The highest BCUT2D eigenvalue weighted by Gasteiger charge is 2.86. The predicted octanol–water partition coefficient (Wildman–Crippen LogP) is 2.97. The van der Waals surface area contributed by atoms with Gasteiger partial charge < -0.3 is 44.1 Å². The molecular weight excluding hydrogens is 656 g/mol. The fraction of sp³-hybridized carbons (Fsp3) is 0.583. The number of ether oxygens (including phenoxy) is 5. The molecule has 0 aromatic heterocycles. The van der Waals surface area contributed by atoms with E-state index in [1.54, 1.807) is 0 Å². The number of aliphatic carboxylic acids is 2. The molecule has 1 aromatic rings. The van der Waals surface area contributed by atoms with Crippen LogP contribution >= 0.6 is 0 Å². The Labute approximate surface area is 291 Å². The molecule has 1 aromatic carbocycles. The summed E-state index contributed by atoms with van der Waals surface area (Å²) in [6.45, 7) is 13.0. The maximum atomic E-state index is 13.1. The van der Waals surface area contributed by atoms with E-state index >= 15 is 0 Å².